The molecule has 2 bridgehead atoms. The lowest BCUT2D eigenvalue weighted by Gasteiger charge is -2.42. The maximum atomic E-state index is 13.2. The van der Waals surface area contributed by atoms with Crippen LogP contribution in [0.2, 0.25) is 0 Å². The molecule has 31 heavy (non-hydrogen) atoms. The molecule has 2 amide bonds. The van der Waals surface area contributed by atoms with Crippen molar-refractivity contribution in [2.24, 2.45) is 29.6 Å². The van der Waals surface area contributed by atoms with E-state index in [2.05, 4.69) is 16.0 Å². The molecule has 3 fully saturated rings. The number of aromatic nitrogens is 2. The fraction of sp³-hybridized carbons (Fsp3) is 0.476. The maximum absolute atomic E-state index is 13.2. The molecule has 2 aliphatic heterocycles. The number of carbonyl (C=O) groups is 3. The van der Waals surface area contributed by atoms with Gasteiger partial charge in [0.25, 0.3) is 0 Å². The van der Waals surface area contributed by atoms with Gasteiger partial charge in [0, 0.05) is 35.0 Å². The van der Waals surface area contributed by atoms with Gasteiger partial charge in [-0.05, 0) is 48.0 Å². The van der Waals surface area contributed by atoms with Crippen LogP contribution in [0.5, 0.6) is 0 Å². The summed E-state index contributed by atoms with van der Waals surface area (Å²) in [5.74, 6) is -1.46. The first-order chi connectivity index (χ1) is 15.0. The Labute approximate surface area is 191 Å². The van der Waals surface area contributed by atoms with Gasteiger partial charge in [0.1, 0.15) is 0 Å². The molecule has 1 saturated heterocycles. The van der Waals surface area contributed by atoms with Crippen LogP contribution < -0.4 is 0 Å². The van der Waals surface area contributed by atoms with Gasteiger partial charge in [-0.1, -0.05) is 6.07 Å². The number of imide groups is 1. The number of fused-ring (bicyclic) bond motifs is 9. The number of hydrogen-bond acceptors (Lipinski definition) is 7. The number of hydrogen-bond donors (Lipinski definition) is 2. The lowest BCUT2D eigenvalue weighted by atomic mass is 9.68. The quantitative estimate of drug-likeness (QED) is 0.519. The summed E-state index contributed by atoms with van der Waals surface area (Å²) in [5, 5.41) is 10.3. The molecular weight excluding hydrogens is 454 g/mol. The highest BCUT2D eigenvalue weighted by molar-refractivity contribution is 8.00. The number of amides is 2. The molecule has 7 nitrogen and oxygen atoms in total. The second-order valence-electron chi connectivity index (χ2n) is 8.72. The number of H-pyrrole nitrogens is 1. The first-order valence-electron chi connectivity index (χ1n) is 10.3. The highest BCUT2D eigenvalue weighted by atomic mass is 32.2. The monoisotopic (exact) mass is 473 g/mol. The molecule has 2 aromatic rings. The number of pyridine rings is 1. The Morgan fingerprint density at radius 1 is 1.29 bits per heavy atom. The van der Waals surface area contributed by atoms with Crippen molar-refractivity contribution < 1.29 is 19.5 Å². The number of carboxylic acid groups (broad SMARTS) is 1. The normalized spacial score (nSPS) is 35.2. The van der Waals surface area contributed by atoms with Crippen LogP contribution >= 0.6 is 35.3 Å². The van der Waals surface area contributed by atoms with Gasteiger partial charge >= 0.3 is 5.97 Å². The van der Waals surface area contributed by atoms with Crippen molar-refractivity contribution >= 4 is 53.1 Å². The van der Waals surface area contributed by atoms with E-state index in [4.69, 9.17) is 17.3 Å². The largest absolute Gasteiger partial charge is 0.481 e. The zero-order chi connectivity index (χ0) is 21.4. The standard InChI is InChI=1S/C21H19N3O4S3/c25-11(26)3-5-24-19(27)14-9-6-10(15(14)20(24)28)16-13(9)12(8-2-1-4-22-7-8)17-18(30-16)23-21(29)31-17/h1-2,4,7,9-10,12-16H,3,5-6H2,(H,23,29)(H,25,26). The van der Waals surface area contributed by atoms with Crippen molar-refractivity contribution in [1.82, 2.24) is 14.9 Å². The van der Waals surface area contributed by atoms with Crippen LogP contribution in [0.25, 0.3) is 0 Å². The van der Waals surface area contributed by atoms with Gasteiger partial charge in [-0.3, -0.25) is 24.3 Å². The summed E-state index contributed by atoms with van der Waals surface area (Å²) in [7, 11) is 0. The Balaban J connectivity index is 1.41. The molecule has 7 unspecified atom stereocenters. The van der Waals surface area contributed by atoms with Crippen molar-refractivity contribution in [3.05, 3.63) is 38.9 Å². The number of nitrogens with one attached hydrogen (secondary N) is 1. The van der Waals surface area contributed by atoms with E-state index in [1.165, 1.54) is 9.78 Å². The van der Waals surface area contributed by atoms with Gasteiger partial charge in [-0.15, -0.1) is 23.1 Å². The molecule has 2 N–H and O–H groups in total. The third-order valence-electron chi connectivity index (χ3n) is 7.41. The molecular formula is C21H19N3O4S3. The highest BCUT2D eigenvalue weighted by Gasteiger charge is 2.69. The molecule has 0 radical (unpaired) electrons. The number of aromatic amines is 1. The van der Waals surface area contributed by atoms with E-state index < -0.39 is 5.97 Å². The van der Waals surface area contributed by atoms with Gasteiger partial charge in [0.05, 0.1) is 23.3 Å². The lowest BCUT2D eigenvalue weighted by molar-refractivity contribution is -0.142. The molecule has 0 aromatic carbocycles. The fourth-order valence-electron chi connectivity index (χ4n) is 6.44. The Morgan fingerprint density at radius 2 is 2.06 bits per heavy atom. The summed E-state index contributed by atoms with van der Waals surface area (Å²) >= 11 is 8.81. The van der Waals surface area contributed by atoms with Crippen molar-refractivity contribution in [2.45, 2.75) is 29.0 Å². The van der Waals surface area contributed by atoms with Crippen LogP contribution in [0.15, 0.2) is 29.6 Å². The third-order valence-corrected chi connectivity index (χ3v) is 10.3. The minimum absolute atomic E-state index is 0.0334. The molecule has 2 aliphatic carbocycles. The van der Waals surface area contributed by atoms with Gasteiger partial charge in [-0.2, -0.15) is 0 Å². The average Bonchev–Trinajstić information content (AvgIpc) is 3.46. The summed E-state index contributed by atoms with van der Waals surface area (Å²) in [4.78, 5) is 47.5. The Kier molecular flexibility index (Phi) is 4.42. The molecule has 0 spiro atoms. The summed E-state index contributed by atoms with van der Waals surface area (Å²) in [5.41, 5.74) is 1.12. The number of carbonyl (C=O) groups excluding carboxylic acids is 2. The van der Waals surface area contributed by atoms with E-state index in [1.807, 2.05) is 12.3 Å². The Bertz CT molecular complexity index is 1160. The van der Waals surface area contributed by atoms with Gasteiger partial charge < -0.3 is 10.1 Å². The predicted molar refractivity (Wildman–Crippen MR) is 116 cm³/mol. The van der Waals surface area contributed by atoms with Crippen LogP contribution in [0.3, 0.4) is 0 Å². The summed E-state index contributed by atoms with van der Waals surface area (Å²) < 4.78 is 0.742. The van der Waals surface area contributed by atoms with Crippen LogP contribution in [0, 0.1) is 33.5 Å². The molecule has 6 rings (SSSR count). The highest BCUT2D eigenvalue weighted by Crippen LogP contribution is 2.68. The number of carboxylic acids is 1. The summed E-state index contributed by atoms with van der Waals surface area (Å²) in [6.45, 7) is -0.0334. The molecule has 10 heteroatoms. The van der Waals surface area contributed by atoms with E-state index in [9.17, 15) is 14.4 Å². The van der Waals surface area contributed by atoms with E-state index in [0.29, 0.717) is 0 Å². The van der Waals surface area contributed by atoms with E-state index >= 15 is 0 Å². The van der Waals surface area contributed by atoms with Crippen LogP contribution in [-0.4, -0.2) is 49.6 Å². The first-order valence-corrected chi connectivity index (χ1v) is 12.4. The van der Waals surface area contributed by atoms with E-state index in [-0.39, 0.29) is 65.5 Å². The van der Waals surface area contributed by atoms with Gasteiger partial charge in [-0.25, -0.2) is 0 Å². The van der Waals surface area contributed by atoms with Crippen molar-refractivity contribution in [3.63, 3.8) is 0 Å². The lowest BCUT2D eigenvalue weighted by Crippen LogP contribution is -2.42. The Hall–Kier alpha value is -2.04. The predicted octanol–water partition coefficient (Wildman–Crippen LogP) is 3.15. The van der Waals surface area contributed by atoms with Gasteiger partial charge in [0.2, 0.25) is 11.8 Å². The molecule has 2 aromatic heterocycles. The third kappa shape index (κ3) is 2.74. The number of rotatable bonds is 4. The zero-order valence-electron chi connectivity index (χ0n) is 16.3. The molecule has 7 atom stereocenters. The molecule has 2 saturated carbocycles. The number of likely N-dealkylation sites (tertiary alicyclic amines) is 1. The summed E-state index contributed by atoms with van der Waals surface area (Å²) in [6, 6.07) is 4.02. The van der Waals surface area contributed by atoms with E-state index in [0.717, 1.165) is 21.0 Å². The van der Waals surface area contributed by atoms with Crippen LogP contribution in [0.1, 0.15) is 29.2 Å². The van der Waals surface area contributed by atoms with Crippen LogP contribution in [-0.2, 0) is 14.4 Å². The summed E-state index contributed by atoms with van der Waals surface area (Å²) in [6.07, 6.45) is 4.32. The number of thioether (sulfide) groups is 1. The molecule has 4 aliphatic rings. The molecule has 4 heterocycles. The van der Waals surface area contributed by atoms with Gasteiger partial charge in [0.15, 0.2) is 3.95 Å². The zero-order valence-corrected chi connectivity index (χ0v) is 18.7. The number of thiazole rings is 1. The van der Waals surface area contributed by atoms with Crippen molar-refractivity contribution in [1.29, 1.82) is 0 Å². The minimum Gasteiger partial charge on any atom is -0.481 e. The second-order valence-corrected chi connectivity index (χ2v) is 11.6. The van der Waals surface area contributed by atoms with Crippen molar-refractivity contribution in [2.75, 3.05) is 6.54 Å². The first kappa shape index (κ1) is 19.6. The van der Waals surface area contributed by atoms with E-state index in [1.54, 1.807) is 29.3 Å². The average molecular weight is 474 g/mol. The number of nitrogens with zero attached hydrogens (tertiary/aromatic N) is 2. The smallest absolute Gasteiger partial charge is 0.305 e. The topological polar surface area (TPSA) is 103 Å². The van der Waals surface area contributed by atoms with Crippen molar-refractivity contribution in [3.8, 4) is 0 Å². The molecule has 160 valence electrons. The minimum atomic E-state index is -0.999. The second kappa shape index (κ2) is 6.98. The van der Waals surface area contributed by atoms with Crippen LogP contribution in [0.4, 0.5) is 0 Å². The maximum Gasteiger partial charge on any atom is 0.305 e. The number of aliphatic carboxylic acids is 1. The SMILES string of the molecule is O=C(O)CCN1C(=O)C2C3CC(C2C1=O)C1C(c2cccnc2)c2sc(=S)[nH]c2SC31. The fourth-order valence-corrected chi connectivity index (χ4v) is 9.77. The Morgan fingerprint density at radius 3 is 2.77 bits per heavy atom.